The summed E-state index contributed by atoms with van der Waals surface area (Å²) in [6, 6.07) is 19.0. The molecule has 0 bridgehead atoms. The fourth-order valence-corrected chi connectivity index (χ4v) is 7.91. The highest BCUT2D eigenvalue weighted by Crippen LogP contribution is 2.36. The largest absolute Gasteiger partial charge is 0.490 e. The number of piperidine rings is 2. The number of rotatable bonds is 12. The number of carbonyl (C=O) groups excluding carboxylic acids is 4. The number of pyridine rings is 2. The second-order valence-electron chi connectivity index (χ2n) is 15.5. The number of nitrogens with one attached hydrogen (secondary N) is 2. The summed E-state index contributed by atoms with van der Waals surface area (Å²) in [6.07, 6.45) is 1.39. The van der Waals surface area contributed by atoms with E-state index in [1.165, 1.54) is 11.6 Å². The molecule has 0 spiro atoms. The molecule has 2 saturated heterocycles. The standard InChI is InChI=1S/C42H45F2N7O5/c1-24(2)22-42(3,45)23-56-34-12-10-32(48-37(34)38(43)44)27-14-17-46-35(20-27)47-28-6-4-25(5-7-28)26-15-18-50(19-16-26)29-8-9-30-31(21-29)41(55)51(40(30)54)33-11-13-36(52)49-39(33)53/h4-10,12,14,17,20-21,24,26,33,38H,11,13,15-16,18-19,22-23,45H2,1-3H3,(H,46,47)(H,49,52,53)/t33?,42-/m0/s1. The van der Waals surface area contributed by atoms with E-state index in [4.69, 9.17) is 10.5 Å². The van der Waals surface area contributed by atoms with Crippen LogP contribution in [0.5, 0.6) is 5.75 Å². The molecule has 4 aromatic rings. The van der Waals surface area contributed by atoms with Gasteiger partial charge in [-0.25, -0.2) is 18.7 Å². The van der Waals surface area contributed by atoms with Crippen molar-refractivity contribution in [3.63, 3.8) is 0 Å². The molecule has 292 valence electrons. The Morgan fingerprint density at radius 1 is 0.946 bits per heavy atom. The van der Waals surface area contributed by atoms with Gasteiger partial charge in [0.15, 0.2) is 0 Å². The third kappa shape index (κ3) is 8.25. The van der Waals surface area contributed by atoms with Gasteiger partial charge in [-0.1, -0.05) is 26.0 Å². The van der Waals surface area contributed by atoms with Crippen LogP contribution in [0.1, 0.15) is 97.2 Å². The average Bonchev–Trinajstić information content (AvgIpc) is 3.42. The SMILES string of the molecule is CC(C)C[C@](C)(N)COc1ccc(-c2ccnc(Nc3ccc(C4CCN(c5ccc6c(c5)C(=O)N(C5CCC(=O)NC5=O)C6=O)CC4)cc3)c2)nc1C(F)F. The number of carbonyl (C=O) groups is 4. The van der Waals surface area contributed by atoms with Crippen LogP contribution in [0.4, 0.5) is 26.0 Å². The summed E-state index contributed by atoms with van der Waals surface area (Å²) >= 11 is 0. The summed E-state index contributed by atoms with van der Waals surface area (Å²) in [5.41, 5.74) is 9.59. The van der Waals surface area contributed by atoms with Gasteiger partial charge in [0.05, 0.1) is 16.8 Å². The number of hydrogen-bond acceptors (Lipinski definition) is 10. The van der Waals surface area contributed by atoms with E-state index in [-0.39, 0.29) is 36.3 Å². The van der Waals surface area contributed by atoms with Gasteiger partial charge in [0.25, 0.3) is 18.2 Å². The lowest BCUT2D eigenvalue weighted by Crippen LogP contribution is -2.54. The molecule has 2 aromatic carbocycles. The minimum absolute atomic E-state index is 0.0137. The Kier molecular flexibility index (Phi) is 10.8. The van der Waals surface area contributed by atoms with Crippen molar-refractivity contribution >= 4 is 40.8 Å². The van der Waals surface area contributed by atoms with E-state index in [2.05, 4.69) is 37.6 Å². The molecular weight excluding hydrogens is 721 g/mol. The number of nitrogens with two attached hydrogens (primary N) is 1. The molecular formula is C42H45F2N7O5. The number of benzene rings is 2. The molecule has 5 heterocycles. The summed E-state index contributed by atoms with van der Waals surface area (Å²) in [4.78, 5) is 62.3. The van der Waals surface area contributed by atoms with Crippen LogP contribution >= 0.6 is 0 Å². The molecule has 0 aliphatic carbocycles. The average molecular weight is 766 g/mol. The maximum atomic E-state index is 14.1. The van der Waals surface area contributed by atoms with Crippen molar-refractivity contribution in [2.45, 2.75) is 76.8 Å². The van der Waals surface area contributed by atoms with Crippen molar-refractivity contribution < 1.29 is 32.7 Å². The maximum absolute atomic E-state index is 14.1. The second-order valence-corrected chi connectivity index (χ2v) is 15.5. The zero-order valence-electron chi connectivity index (χ0n) is 31.6. The van der Waals surface area contributed by atoms with E-state index >= 15 is 0 Å². The van der Waals surface area contributed by atoms with Crippen molar-refractivity contribution in [1.29, 1.82) is 0 Å². The van der Waals surface area contributed by atoms with Gasteiger partial charge in [-0.3, -0.25) is 29.4 Å². The lowest BCUT2D eigenvalue weighted by Gasteiger charge is -2.34. The molecule has 7 rings (SSSR count). The van der Waals surface area contributed by atoms with E-state index in [9.17, 15) is 28.0 Å². The smallest absolute Gasteiger partial charge is 0.284 e. The fourth-order valence-electron chi connectivity index (χ4n) is 7.91. The highest BCUT2D eigenvalue weighted by Gasteiger charge is 2.45. The van der Waals surface area contributed by atoms with Crippen molar-refractivity contribution in [3.05, 3.63) is 95.3 Å². The lowest BCUT2D eigenvalue weighted by molar-refractivity contribution is -0.136. The van der Waals surface area contributed by atoms with Gasteiger partial charge in [0, 0.05) is 48.2 Å². The Morgan fingerprint density at radius 3 is 2.38 bits per heavy atom. The number of aromatic nitrogens is 2. The van der Waals surface area contributed by atoms with E-state index in [1.54, 1.807) is 36.5 Å². The van der Waals surface area contributed by atoms with Crippen LogP contribution in [0.2, 0.25) is 0 Å². The molecule has 2 aromatic heterocycles. The third-order valence-electron chi connectivity index (χ3n) is 10.5. The molecule has 14 heteroatoms. The van der Waals surface area contributed by atoms with Gasteiger partial charge >= 0.3 is 0 Å². The number of anilines is 3. The van der Waals surface area contributed by atoms with Gasteiger partial charge in [-0.15, -0.1) is 0 Å². The van der Waals surface area contributed by atoms with Crippen LogP contribution < -0.4 is 26.0 Å². The topological polar surface area (TPSA) is 160 Å². The molecule has 12 nitrogen and oxygen atoms in total. The van der Waals surface area contributed by atoms with Crippen LogP contribution in [0.3, 0.4) is 0 Å². The number of alkyl halides is 2. The molecule has 2 atom stereocenters. The Hall–Kier alpha value is -5.76. The predicted molar refractivity (Wildman–Crippen MR) is 207 cm³/mol. The Morgan fingerprint density at radius 2 is 1.68 bits per heavy atom. The number of amides is 4. The fraction of sp³-hybridized carbons (Fsp3) is 0.381. The molecule has 1 unspecified atom stereocenters. The van der Waals surface area contributed by atoms with Crippen LogP contribution in [0.25, 0.3) is 11.3 Å². The second kappa shape index (κ2) is 15.8. The number of nitrogens with zero attached hydrogens (tertiary/aromatic N) is 4. The zero-order chi connectivity index (χ0) is 39.7. The summed E-state index contributed by atoms with van der Waals surface area (Å²) in [5, 5.41) is 5.53. The van der Waals surface area contributed by atoms with Gasteiger partial charge < -0.3 is 20.7 Å². The summed E-state index contributed by atoms with van der Waals surface area (Å²) in [6.45, 7) is 7.52. The minimum Gasteiger partial charge on any atom is -0.490 e. The number of ether oxygens (including phenoxy) is 1. The van der Waals surface area contributed by atoms with E-state index in [0.29, 0.717) is 35.3 Å². The Labute approximate surface area is 323 Å². The Bertz CT molecular complexity index is 2150. The third-order valence-corrected chi connectivity index (χ3v) is 10.5. The van der Waals surface area contributed by atoms with Gasteiger partial charge in [0.1, 0.15) is 29.9 Å². The van der Waals surface area contributed by atoms with E-state index in [0.717, 1.165) is 42.2 Å². The zero-order valence-corrected chi connectivity index (χ0v) is 31.6. The first kappa shape index (κ1) is 38.5. The molecule has 2 fully saturated rings. The molecule has 3 aliphatic heterocycles. The van der Waals surface area contributed by atoms with Crippen LogP contribution in [-0.4, -0.2) is 69.8 Å². The number of halogens is 2. The highest BCUT2D eigenvalue weighted by molar-refractivity contribution is 6.23. The van der Waals surface area contributed by atoms with Crippen molar-refractivity contribution in [2.24, 2.45) is 11.7 Å². The molecule has 56 heavy (non-hydrogen) atoms. The summed E-state index contributed by atoms with van der Waals surface area (Å²) < 4.78 is 33.9. The first-order chi connectivity index (χ1) is 26.8. The first-order valence-electron chi connectivity index (χ1n) is 18.9. The van der Waals surface area contributed by atoms with Gasteiger partial charge in [-0.2, -0.15) is 0 Å². The van der Waals surface area contributed by atoms with E-state index in [1.807, 2.05) is 39.0 Å². The maximum Gasteiger partial charge on any atom is 0.284 e. The van der Waals surface area contributed by atoms with Crippen LogP contribution in [0.15, 0.2) is 72.9 Å². The normalized spacial score (nSPS) is 18.7. The lowest BCUT2D eigenvalue weighted by atomic mass is 9.89. The summed E-state index contributed by atoms with van der Waals surface area (Å²) in [5.74, 6) is -0.875. The summed E-state index contributed by atoms with van der Waals surface area (Å²) in [7, 11) is 0. The van der Waals surface area contributed by atoms with Crippen molar-refractivity contribution in [1.82, 2.24) is 20.2 Å². The van der Waals surface area contributed by atoms with Gasteiger partial charge in [0.2, 0.25) is 11.8 Å². The molecule has 3 aliphatic rings. The number of fused-ring (bicyclic) bond motifs is 1. The molecule has 0 saturated carbocycles. The van der Waals surface area contributed by atoms with Crippen LogP contribution in [-0.2, 0) is 9.59 Å². The highest BCUT2D eigenvalue weighted by atomic mass is 19.3. The monoisotopic (exact) mass is 765 g/mol. The van der Waals surface area contributed by atoms with Crippen molar-refractivity contribution in [2.75, 3.05) is 29.9 Å². The molecule has 4 amide bonds. The predicted octanol–water partition coefficient (Wildman–Crippen LogP) is 6.75. The van der Waals surface area contributed by atoms with E-state index < -0.39 is 47.3 Å². The quantitative estimate of drug-likeness (QED) is 0.132. The van der Waals surface area contributed by atoms with Gasteiger partial charge in [-0.05, 0) is 105 Å². The number of hydrogen-bond donors (Lipinski definition) is 3. The first-order valence-corrected chi connectivity index (χ1v) is 18.9. The Balaban J connectivity index is 0.958. The minimum atomic E-state index is -2.83. The molecule has 4 N–H and O–H groups in total. The van der Waals surface area contributed by atoms with Crippen LogP contribution in [0, 0.1) is 5.92 Å². The molecule has 0 radical (unpaired) electrons. The van der Waals surface area contributed by atoms with Crippen molar-refractivity contribution in [3.8, 4) is 17.0 Å². The number of imide groups is 2.